The van der Waals surface area contributed by atoms with Crippen LogP contribution in [0.4, 0.5) is 0 Å². The molecule has 292 valence electrons. The van der Waals surface area contributed by atoms with Crippen LogP contribution in [0.1, 0.15) is 174 Å². The maximum absolute atomic E-state index is 12.3. The van der Waals surface area contributed by atoms with Gasteiger partial charge in [-0.2, -0.15) is 0 Å². The molecule has 0 saturated carbocycles. The number of unbranched alkanes of at least 4 members (excludes halogenated alkanes) is 19. The van der Waals surface area contributed by atoms with Crippen molar-refractivity contribution in [1.82, 2.24) is 0 Å². The molecule has 3 N–H and O–H groups in total. The third kappa shape index (κ3) is 37.6. The Bertz CT molecular complexity index is 905. The molecule has 9 heteroatoms. The molecule has 0 amide bonds. The standard InChI is InChI=1S/C41H76NO7P/c1-3-5-7-9-11-13-15-17-19-21-23-25-27-29-31-33-36-46-40(39-49-50(44,45)48-37-35-42)38-47-41(43)34-32-30-28-26-24-22-20-18-16-14-12-10-8-6-4-2/h12,14,18,20,24,26,33,36,40H,3-11,13,15-17,19,21-23,25,27-32,34-35,37-39,42H2,1-2H3,(H,44,45). The van der Waals surface area contributed by atoms with Crippen molar-refractivity contribution in [3.05, 3.63) is 48.8 Å². The minimum absolute atomic E-state index is 0.0842. The van der Waals surface area contributed by atoms with Crippen LogP contribution in [0.5, 0.6) is 0 Å². The fourth-order valence-electron chi connectivity index (χ4n) is 5.28. The number of esters is 1. The summed E-state index contributed by atoms with van der Waals surface area (Å²) in [6.07, 6.45) is 45.1. The number of phosphoric acid groups is 1. The van der Waals surface area contributed by atoms with Crippen LogP contribution in [0.3, 0.4) is 0 Å². The van der Waals surface area contributed by atoms with Crippen LogP contribution >= 0.6 is 7.82 Å². The van der Waals surface area contributed by atoms with Crippen LogP contribution < -0.4 is 5.73 Å². The molecule has 0 aromatic rings. The third-order valence-electron chi connectivity index (χ3n) is 8.34. The van der Waals surface area contributed by atoms with Crippen molar-refractivity contribution in [1.29, 1.82) is 0 Å². The van der Waals surface area contributed by atoms with Gasteiger partial charge in [-0.15, -0.1) is 0 Å². The number of hydrogen-bond acceptors (Lipinski definition) is 7. The summed E-state index contributed by atoms with van der Waals surface area (Å²) in [7, 11) is -4.27. The van der Waals surface area contributed by atoms with E-state index in [9.17, 15) is 14.3 Å². The Morgan fingerprint density at radius 1 is 0.620 bits per heavy atom. The monoisotopic (exact) mass is 726 g/mol. The summed E-state index contributed by atoms with van der Waals surface area (Å²) in [5, 5.41) is 0. The zero-order valence-corrected chi connectivity index (χ0v) is 33.0. The van der Waals surface area contributed by atoms with Crippen molar-refractivity contribution >= 4 is 13.8 Å². The lowest BCUT2D eigenvalue weighted by atomic mass is 10.0. The molecule has 2 atom stereocenters. The third-order valence-corrected chi connectivity index (χ3v) is 9.32. The molecule has 0 aromatic carbocycles. The normalized spacial score (nSPS) is 14.0. The lowest BCUT2D eigenvalue weighted by Crippen LogP contribution is -2.25. The first-order chi connectivity index (χ1) is 24.4. The van der Waals surface area contributed by atoms with E-state index in [-0.39, 0.29) is 32.3 Å². The highest BCUT2D eigenvalue weighted by Gasteiger charge is 2.24. The van der Waals surface area contributed by atoms with E-state index < -0.39 is 13.9 Å². The summed E-state index contributed by atoms with van der Waals surface area (Å²) in [6.45, 7) is 4.14. The number of ether oxygens (including phenoxy) is 2. The van der Waals surface area contributed by atoms with Crippen molar-refractivity contribution in [2.45, 2.75) is 180 Å². The van der Waals surface area contributed by atoms with Crippen molar-refractivity contribution in [2.24, 2.45) is 5.73 Å². The van der Waals surface area contributed by atoms with E-state index in [0.29, 0.717) is 6.42 Å². The zero-order chi connectivity index (χ0) is 36.6. The number of hydrogen-bond donors (Lipinski definition) is 2. The summed E-state index contributed by atoms with van der Waals surface area (Å²) < 4.78 is 33.1. The van der Waals surface area contributed by atoms with E-state index in [2.05, 4.69) is 50.3 Å². The molecule has 0 aliphatic heterocycles. The minimum atomic E-state index is -4.27. The highest BCUT2D eigenvalue weighted by atomic mass is 31.2. The van der Waals surface area contributed by atoms with Gasteiger partial charge in [-0.25, -0.2) is 4.57 Å². The van der Waals surface area contributed by atoms with Crippen LogP contribution in [-0.4, -0.2) is 43.3 Å². The number of carbonyl (C=O) groups is 1. The second-order valence-corrected chi connectivity index (χ2v) is 14.7. The van der Waals surface area contributed by atoms with E-state index in [1.807, 2.05) is 6.08 Å². The van der Waals surface area contributed by atoms with Gasteiger partial charge in [-0.3, -0.25) is 13.8 Å². The molecule has 0 bridgehead atoms. The maximum atomic E-state index is 12.3. The summed E-state index contributed by atoms with van der Waals surface area (Å²) in [4.78, 5) is 22.2. The smallest absolute Gasteiger partial charge is 0.472 e. The number of rotatable bonds is 38. The van der Waals surface area contributed by atoms with E-state index in [0.717, 1.165) is 44.9 Å². The molecule has 2 unspecified atom stereocenters. The SMILES string of the molecule is CCCCCC=CCC=CCC=CCCCCC(=O)OCC(COP(=O)(O)OCCN)OC=CCCCCCCCCCCCCCCCC. The summed E-state index contributed by atoms with van der Waals surface area (Å²) in [6, 6.07) is 0. The summed E-state index contributed by atoms with van der Waals surface area (Å²) in [5.41, 5.74) is 5.35. The average Bonchev–Trinajstić information content (AvgIpc) is 3.11. The molecule has 0 heterocycles. The van der Waals surface area contributed by atoms with Gasteiger partial charge in [0, 0.05) is 13.0 Å². The molecular weight excluding hydrogens is 649 g/mol. The zero-order valence-electron chi connectivity index (χ0n) is 32.1. The van der Waals surface area contributed by atoms with Crippen molar-refractivity contribution < 1.29 is 32.8 Å². The number of carbonyl (C=O) groups excluding carboxylic acids is 1. The predicted molar refractivity (Wildman–Crippen MR) is 210 cm³/mol. The quantitative estimate of drug-likeness (QED) is 0.0212. The Kier molecular flexibility index (Phi) is 37.2. The van der Waals surface area contributed by atoms with Gasteiger partial charge in [-0.1, -0.05) is 147 Å². The Morgan fingerprint density at radius 3 is 1.64 bits per heavy atom. The molecule has 0 aliphatic carbocycles. The highest BCUT2D eigenvalue weighted by Crippen LogP contribution is 2.43. The van der Waals surface area contributed by atoms with Crippen molar-refractivity contribution in [3.63, 3.8) is 0 Å². The van der Waals surface area contributed by atoms with Gasteiger partial charge >= 0.3 is 13.8 Å². The lowest BCUT2D eigenvalue weighted by Gasteiger charge is -2.19. The second kappa shape index (κ2) is 38.5. The first kappa shape index (κ1) is 48.3. The molecule has 0 aromatic heterocycles. The van der Waals surface area contributed by atoms with Gasteiger partial charge in [0.25, 0.3) is 0 Å². The van der Waals surface area contributed by atoms with Crippen molar-refractivity contribution in [3.8, 4) is 0 Å². The number of nitrogens with two attached hydrogens (primary N) is 1. The fraction of sp³-hybridized carbons (Fsp3) is 0.780. The van der Waals surface area contributed by atoms with Crippen LogP contribution in [0.2, 0.25) is 0 Å². The first-order valence-electron chi connectivity index (χ1n) is 20.2. The Hall–Kier alpha value is -1.70. The molecular formula is C41H76NO7P. The average molecular weight is 726 g/mol. The molecule has 0 saturated heterocycles. The first-order valence-corrected chi connectivity index (χ1v) is 21.7. The van der Waals surface area contributed by atoms with Crippen LogP contribution in [0.25, 0.3) is 0 Å². The molecule has 0 spiro atoms. The predicted octanol–water partition coefficient (Wildman–Crippen LogP) is 12.0. The minimum Gasteiger partial charge on any atom is -0.492 e. The molecule has 0 aliphatic rings. The Labute approximate surface area is 307 Å². The van der Waals surface area contributed by atoms with E-state index in [1.165, 1.54) is 109 Å². The molecule has 8 nitrogen and oxygen atoms in total. The molecule has 0 rings (SSSR count). The van der Waals surface area contributed by atoms with E-state index >= 15 is 0 Å². The Morgan fingerprint density at radius 2 is 1.08 bits per heavy atom. The van der Waals surface area contributed by atoms with E-state index in [4.69, 9.17) is 24.3 Å². The van der Waals surface area contributed by atoms with Gasteiger partial charge < -0.3 is 20.1 Å². The van der Waals surface area contributed by atoms with Crippen LogP contribution in [0, 0.1) is 0 Å². The topological polar surface area (TPSA) is 117 Å². The maximum Gasteiger partial charge on any atom is 0.472 e. The number of allylic oxidation sites excluding steroid dienone is 7. The number of phosphoric ester groups is 1. The largest absolute Gasteiger partial charge is 0.492 e. The summed E-state index contributed by atoms with van der Waals surface area (Å²) in [5.74, 6) is -0.328. The van der Waals surface area contributed by atoms with Gasteiger partial charge in [0.1, 0.15) is 6.61 Å². The molecule has 50 heavy (non-hydrogen) atoms. The molecule has 0 radical (unpaired) electrons. The lowest BCUT2D eigenvalue weighted by molar-refractivity contribution is -0.147. The van der Waals surface area contributed by atoms with Crippen molar-refractivity contribution in [2.75, 3.05) is 26.4 Å². The summed E-state index contributed by atoms with van der Waals surface area (Å²) >= 11 is 0. The van der Waals surface area contributed by atoms with Gasteiger partial charge in [0.2, 0.25) is 0 Å². The fourth-order valence-corrected chi connectivity index (χ4v) is 6.05. The second-order valence-electron chi connectivity index (χ2n) is 13.2. The van der Waals surface area contributed by atoms with Crippen LogP contribution in [-0.2, 0) is 27.9 Å². The highest BCUT2D eigenvalue weighted by molar-refractivity contribution is 7.47. The van der Waals surface area contributed by atoms with Gasteiger partial charge in [0.15, 0.2) is 6.10 Å². The Balaban J connectivity index is 4.18. The molecule has 0 fully saturated rings. The van der Waals surface area contributed by atoms with E-state index in [1.54, 1.807) is 6.26 Å². The van der Waals surface area contributed by atoms with Gasteiger partial charge in [-0.05, 0) is 63.9 Å². The van der Waals surface area contributed by atoms with Gasteiger partial charge in [0.05, 0.1) is 19.5 Å². The van der Waals surface area contributed by atoms with Crippen LogP contribution in [0.15, 0.2) is 48.8 Å².